The van der Waals surface area contributed by atoms with Crippen LogP contribution in [0.5, 0.6) is 0 Å². The van der Waals surface area contributed by atoms with Crippen molar-refractivity contribution in [1.82, 2.24) is 19.8 Å². The van der Waals surface area contributed by atoms with E-state index >= 15 is 0 Å². The molecular formula is C22H32Cl2N4O. The SMILES string of the molecule is CCn1c(C2CCCN2C(=O)CC2CC3CCC(C2)N3)nc2ccccc21.Cl.Cl. The minimum atomic E-state index is 0. The van der Waals surface area contributed by atoms with Crippen LogP contribution in [-0.4, -0.2) is 39.0 Å². The number of carbonyl (C=O) groups excluding carboxylic acids is 1. The number of carbonyl (C=O) groups is 1. The fraction of sp³-hybridized carbons (Fsp3) is 0.636. The van der Waals surface area contributed by atoms with Crippen LogP contribution < -0.4 is 5.32 Å². The number of nitrogens with one attached hydrogen (secondary N) is 1. The molecule has 3 aliphatic heterocycles. The number of fused-ring (bicyclic) bond motifs is 3. The lowest BCUT2D eigenvalue weighted by molar-refractivity contribution is -0.133. The molecule has 4 heterocycles. The molecule has 3 saturated heterocycles. The van der Waals surface area contributed by atoms with Crippen molar-refractivity contribution in [3.63, 3.8) is 0 Å². The molecule has 1 N–H and O–H groups in total. The Balaban J connectivity index is 0.00000120. The molecule has 160 valence electrons. The van der Waals surface area contributed by atoms with Crippen LogP contribution >= 0.6 is 24.8 Å². The van der Waals surface area contributed by atoms with Gasteiger partial charge in [0.15, 0.2) is 0 Å². The van der Waals surface area contributed by atoms with Gasteiger partial charge in [0.25, 0.3) is 0 Å². The fourth-order valence-corrected chi connectivity index (χ4v) is 5.72. The van der Waals surface area contributed by atoms with Crippen molar-refractivity contribution < 1.29 is 4.79 Å². The van der Waals surface area contributed by atoms with E-state index in [9.17, 15) is 4.79 Å². The summed E-state index contributed by atoms with van der Waals surface area (Å²) in [5.41, 5.74) is 2.23. The van der Waals surface area contributed by atoms with Crippen molar-refractivity contribution >= 4 is 41.8 Å². The maximum atomic E-state index is 13.2. The van der Waals surface area contributed by atoms with Crippen LogP contribution in [0.25, 0.3) is 11.0 Å². The van der Waals surface area contributed by atoms with Crippen molar-refractivity contribution in [3.8, 4) is 0 Å². The predicted molar refractivity (Wildman–Crippen MR) is 121 cm³/mol. The molecule has 0 aliphatic carbocycles. The highest BCUT2D eigenvalue weighted by atomic mass is 35.5. The predicted octanol–water partition coefficient (Wildman–Crippen LogP) is 4.48. The number of likely N-dealkylation sites (tertiary alicyclic amines) is 1. The van der Waals surface area contributed by atoms with Crippen molar-refractivity contribution in [2.24, 2.45) is 5.92 Å². The molecule has 7 heteroatoms. The van der Waals surface area contributed by atoms with Gasteiger partial charge in [-0.05, 0) is 63.5 Å². The number of aryl methyl sites for hydroxylation is 1. The lowest BCUT2D eigenvalue weighted by atomic mass is 9.89. The summed E-state index contributed by atoms with van der Waals surface area (Å²) < 4.78 is 2.30. The molecule has 5 rings (SSSR count). The third-order valence-corrected chi connectivity index (χ3v) is 6.91. The second-order valence-corrected chi connectivity index (χ2v) is 8.63. The van der Waals surface area contributed by atoms with Crippen molar-refractivity contribution in [1.29, 1.82) is 0 Å². The summed E-state index contributed by atoms with van der Waals surface area (Å²) in [6.07, 6.45) is 7.78. The number of rotatable bonds is 4. The van der Waals surface area contributed by atoms with Gasteiger partial charge in [-0.25, -0.2) is 4.98 Å². The Morgan fingerprint density at radius 1 is 1.14 bits per heavy atom. The van der Waals surface area contributed by atoms with Crippen LogP contribution in [0.1, 0.15) is 63.7 Å². The smallest absolute Gasteiger partial charge is 0.223 e. The largest absolute Gasteiger partial charge is 0.332 e. The van der Waals surface area contributed by atoms with Crippen LogP contribution in [0.4, 0.5) is 0 Å². The van der Waals surface area contributed by atoms with E-state index in [4.69, 9.17) is 4.98 Å². The number of aromatic nitrogens is 2. The lowest BCUT2D eigenvalue weighted by Crippen LogP contribution is -2.40. The zero-order valence-corrected chi connectivity index (χ0v) is 18.7. The van der Waals surface area contributed by atoms with Gasteiger partial charge in [-0.1, -0.05) is 12.1 Å². The Morgan fingerprint density at radius 3 is 2.59 bits per heavy atom. The summed E-state index contributed by atoms with van der Waals surface area (Å²) in [5.74, 6) is 1.98. The Morgan fingerprint density at radius 2 is 1.86 bits per heavy atom. The first-order valence-corrected chi connectivity index (χ1v) is 10.7. The average Bonchev–Trinajstić information content (AvgIpc) is 3.37. The Labute approximate surface area is 185 Å². The molecule has 5 nitrogen and oxygen atoms in total. The van der Waals surface area contributed by atoms with E-state index < -0.39 is 0 Å². The first-order valence-electron chi connectivity index (χ1n) is 10.7. The number of hydrogen-bond donors (Lipinski definition) is 1. The zero-order valence-electron chi connectivity index (χ0n) is 17.0. The van der Waals surface area contributed by atoms with Crippen LogP contribution in [0.2, 0.25) is 0 Å². The number of para-hydroxylation sites is 2. The van der Waals surface area contributed by atoms with Crippen LogP contribution in [-0.2, 0) is 11.3 Å². The molecule has 1 aromatic heterocycles. The van der Waals surface area contributed by atoms with E-state index in [2.05, 4.69) is 39.9 Å². The third kappa shape index (κ3) is 4.14. The van der Waals surface area contributed by atoms with Gasteiger partial charge in [-0.3, -0.25) is 4.79 Å². The molecule has 0 spiro atoms. The standard InChI is InChI=1S/C22H30N4O.2ClH/c1-2-25-19-7-4-3-6-18(19)24-22(25)20-8-5-11-26(20)21(27)14-15-12-16-9-10-17(13-15)23-16;;/h3-4,6-7,15-17,20,23H,2,5,8-14H2,1H3;2*1H. The van der Waals surface area contributed by atoms with Crippen molar-refractivity contribution in [2.45, 2.75) is 76.5 Å². The first-order chi connectivity index (χ1) is 13.2. The van der Waals surface area contributed by atoms with E-state index in [1.165, 1.54) is 31.2 Å². The Hall–Kier alpha value is -1.30. The normalized spacial score (nSPS) is 28.2. The molecule has 2 aromatic rings. The quantitative estimate of drug-likeness (QED) is 0.764. The topological polar surface area (TPSA) is 50.2 Å². The number of amides is 1. The molecule has 29 heavy (non-hydrogen) atoms. The summed E-state index contributed by atoms with van der Waals surface area (Å²) >= 11 is 0. The molecule has 3 unspecified atom stereocenters. The van der Waals surface area contributed by atoms with E-state index in [1.54, 1.807) is 0 Å². The van der Waals surface area contributed by atoms with Crippen LogP contribution in [0.3, 0.4) is 0 Å². The summed E-state index contributed by atoms with van der Waals surface area (Å²) in [4.78, 5) is 20.3. The number of nitrogens with zero attached hydrogens (tertiary/aromatic N) is 3. The second kappa shape index (κ2) is 9.23. The summed E-state index contributed by atoms with van der Waals surface area (Å²) in [6.45, 7) is 3.95. The maximum Gasteiger partial charge on any atom is 0.223 e. The highest BCUT2D eigenvalue weighted by molar-refractivity contribution is 5.85. The number of hydrogen-bond acceptors (Lipinski definition) is 3. The molecule has 1 amide bonds. The van der Waals surface area contributed by atoms with Gasteiger partial charge < -0.3 is 14.8 Å². The summed E-state index contributed by atoms with van der Waals surface area (Å²) in [7, 11) is 0. The molecule has 0 radical (unpaired) electrons. The van der Waals surface area contributed by atoms with Gasteiger partial charge in [0.1, 0.15) is 5.82 Å². The molecule has 3 fully saturated rings. The monoisotopic (exact) mass is 438 g/mol. The number of halogens is 2. The van der Waals surface area contributed by atoms with Crippen LogP contribution in [0.15, 0.2) is 24.3 Å². The van der Waals surface area contributed by atoms with Gasteiger partial charge in [0.2, 0.25) is 5.91 Å². The van der Waals surface area contributed by atoms with Crippen molar-refractivity contribution in [2.75, 3.05) is 6.54 Å². The highest BCUT2D eigenvalue weighted by Crippen LogP contribution is 2.37. The van der Waals surface area contributed by atoms with E-state index in [-0.39, 0.29) is 30.9 Å². The van der Waals surface area contributed by atoms with Gasteiger partial charge >= 0.3 is 0 Å². The molecule has 1 aromatic carbocycles. The van der Waals surface area contributed by atoms with E-state index in [1.807, 2.05) is 6.07 Å². The highest BCUT2D eigenvalue weighted by Gasteiger charge is 2.38. The Kier molecular flexibility index (Phi) is 7.13. The van der Waals surface area contributed by atoms with Crippen molar-refractivity contribution in [3.05, 3.63) is 30.1 Å². The van der Waals surface area contributed by atoms with Gasteiger partial charge in [0.05, 0.1) is 17.1 Å². The average molecular weight is 439 g/mol. The minimum Gasteiger partial charge on any atom is -0.332 e. The fourth-order valence-electron chi connectivity index (χ4n) is 5.72. The van der Waals surface area contributed by atoms with Gasteiger partial charge in [-0.2, -0.15) is 0 Å². The molecular weight excluding hydrogens is 407 g/mol. The van der Waals surface area contributed by atoms with E-state index in [0.29, 0.717) is 23.9 Å². The third-order valence-electron chi connectivity index (χ3n) is 6.91. The molecule has 0 saturated carbocycles. The lowest BCUT2D eigenvalue weighted by Gasteiger charge is -2.31. The number of benzene rings is 1. The number of imidazole rings is 1. The summed E-state index contributed by atoms with van der Waals surface area (Å²) in [6, 6.07) is 9.78. The minimum absolute atomic E-state index is 0. The molecule has 3 aliphatic rings. The Bertz CT molecular complexity index is 842. The van der Waals surface area contributed by atoms with Crippen LogP contribution in [0, 0.1) is 5.92 Å². The van der Waals surface area contributed by atoms with Gasteiger partial charge in [0, 0.05) is 31.6 Å². The maximum absolute atomic E-state index is 13.2. The summed E-state index contributed by atoms with van der Waals surface area (Å²) in [5, 5.41) is 3.69. The molecule has 3 atom stereocenters. The van der Waals surface area contributed by atoms with E-state index in [0.717, 1.165) is 43.7 Å². The second-order valence-electron chi connectivity index (χ2n) is 8.63. The van der Waals surface area contributed by atoms with Gasteiger partial charge in [-0.15, -0.1) is 24.8 Å². The first kappa shape index (κ1) is 22.4. The number of piperidine rings is 1. The molecule has 2 bridgehead atoms. The zero-order chi connectivity index (χ0) is 18.4.